The van der Waals surface area contributed by atoms with Gasteiger partial charge in [0.05, 0.1) is 5.54 Å². The van der Waals surface area contributed by atoms with Gasteiger partial charge in [-0.25, -0.2) is 0 Å². The van der Waals surface area contributed by atoms with E-state index < -0.39 is 0 Å². The van der Waals surface area contributed by atoms with Gasteiger partial charge in [-0.2, -0.15) is 0 Å². The Morgan fingerprint density at radius 1 is 1.31 bits per heavy atom. The van der Waals surface area contributed by atoms with Crippen molar-refractivity contribution in [1.82, 2.24) is 15.1 Å². The monoisotopic (exact) mass is 227 g/mol. The minimum absolute atomic E-state index is 0.240. The van der Waals surface area contributed by atoms with Crippen molar-refractivity contribution >= 4 is 5.91 Å². The molecule has 0 spiro atoms. The Morgan fingerprint density at radius 2 is 2.00 bits per heavy atom. The van der Waals surface area contributed by atoms with Crippen LogP contribution >= 0.6 is 0 Å². The van der Waals surface area contributed by atoms with Gasteiger partial charge in [0.25, 0.3) is 0 Å². The van der Waals surface area contributed by atoms with Gasteiger partial charge in [0.15, 0.2) is 0 Å². The van der Waals surface area contributed by atoms with Crippen LogP contribution in [0, 0.1) is 0 Å². The van der Waals surface area contributed by atoms with E-state index in [1.54, 1.807) is 0 Å². The molecule has 1 saturated heterocycles. The van der Waals surface area contributed by atoms with Gasteiger partial charge in [-0.05, 0) is 53.4 Å². The summed E-state index contributed by atoms with van der Waals surface area (Å²) in [5, 5.41) is 3.31. The van der Waals surface area contributed by atoms with Crippen LogP contribution in [0.2, 0.25) is 0 Å². The summed E-state index contributed by atoms with van der Waals surface area (Å²) in [6, 6.07) is 0. The highest BCUT2D eigenvalue weighted by Crippen LogP contribution is 2.20. The molecule has 0 aromatic heterocycles. The Bertz CT molecular complexity index is 234. The quantitative estimate of drug-likeness (QED) is 0.744. The molecular formula is C12H25N3O. The van der Waals surface area contributed by atoms with Gasteiger partial charge in [0.2, 0.25) is 5.91 Å². The molecule has 4 nitrogen and oxygen atoms in total. The van der Waals surface area contributed by atoms with Gasteiger partial charge >= 0.3 is 0 Å². The van der Waals surface area contributed by atoms with E-state index in [4.69, 9.17) is 0 Å². The topological polar surface area (TPSA) is 35.6 Å². The molecule has 94 valence electrons. The summed E-state index contributed by atoms with van der Waals surface area (Å²) in [6.07, 6.45) is 3.10. The molecule has 0 aromatic carbocycles. The summed E-state index contributed by atoms with van der Waals surface area (Å²) in [5.74, 6) is 0.240. The first-order valence-corrected chi connectivity index (χ1v) is 6.11. The van der Waals surface area contributed by atoms with E-state index in [1.165, 1.54) is 0 Å². The zero-order chi connectivity index (χ0) is 12.2. The molecule has 1 atom stereocenters. The summed E-state index contributed by atoms with van der Waals surface area (Å²) in [6.45, 7) is 4.86. The number of nitrogens with zero attached hydrogens (tertiary/aromatic N) is 2. The lowest BCUT2D eigenvalue weighted by atomic mass is 9.98. The lowest BCUT2D eigenvalue weighted by molar-refractivity contribution is -0.135. The van der Waals surface area contributed by atoms with Gasteiger partial charge in [0, 0.05) is 13.6 Å². The Balaban J connectivity index is 2.35. The second-order valence-corrected chi connectivity index (χ2v) is 5.25. The number of likely N-dealkylation sites (N-methyl/N-ethyl adjacent to an activating group) is 1. The zero-order valence-electron chi connectivity index (χ0n) is 11.0. The standard InChI is InChI=1S/C12H25N3O/c1-12(7-5-8-13-12)11(16)15(4)10-6-9-14(2)3/h13H,5-10H2,1-4H3. The summed E-state index contributed by atoms with van der Waals surface area (Å²) in [5.41, 5.74) is -0.313. The highest BCUT2D eigenvalue weighted by atomic mass is 16.2. The Morgan fingerprint density at radius 3 is 2.50 bits per heavy atom. The van der Waals surface area contributed by atoms with Crippen LogP contribution in [0.4, 0.5) is 0 Å². The fourth-order valence-electron chi connectivity index (χ4n) is 2.22. The van der Waals surface area contributed by atoms with E-state index in [-0.39, 0.29) is 11.4 Å². The fraction of sp³-hybridized carbons (Fsp3) is 0.917. The first-order valence-electron chi connectivity index (χ1n) is 6.11. The molecule has 16 heavy (non-hydrogen) atoms. The number of rotatable bonds is 5. The lowest BCUT2D eigenvalue weighted by Crippen LogP contribution is -2.52. The van der Waals surface area contributed by atoms with Crippen molar-refractivity contribution in [2.75, 3.05) is 40.8 Å². The van der Waals surface area contributed by atoms with Crippen molar-refractivity contribution in [3.63, 3.8) is 0 Å². The van der Waals surface area contributed by atoms with Crippen molar-refractivity contribution in [2.45, 2.75) is 31.7 Å². The number of hydrogen-bond donors (Lipinski definition) is 1. The van der Waals surface area contributed by atoms with Crippen LogP contribution in [0.3, 0.4) is 0 Å². The summed E-state index contributed by atoms with van der Waals surface area (Å²) < 4.78 is 0. The number of carbonyl (C=O) groups excluding carboxylic acids is 1. The first kappa shape index (κ1) is 13.5. The number of hydrogen-bond acceptors (Lipinski definition) is 3. The minimum atomic E-state index is -0.313. The van der Waals surface area contributed by atoms with Crippen LogP contribution in [-0.4, -0.2) is 62.0 Å². The fourth-order valence-corrected chi connectivity index (χ4v) is 2.22. The third-order valence-electron chi connectivity index (χ3n) is 3.29. The summed E-state index contributed by atoms with van der Waals surface area (Å²) in [7, 11) is 6.02. The molecule has 0 aliphatic carbocycles. The van der Waals surface area contributed by atoms with Crippen LogP contribution in [0.25, 0.3) is 0 Å². The molecule has 1 aliphatic heterocycles. The second kappa shape index (κ2) is 5.64. The largest absolute Gasteiger partial charge is 0.344 e. The van der Waals surface area contributed by atoms with Crippen LogP contribution in [0.1, 0.15) is 26.2 Å². The van der Waals surface area contributed by atoms with Gasteiger partial charge < -0.3 is 15.1 Å². The number of amides is 1. The minimum Gasteiger partial charge on any atom is -0.344 e. The Labute approximate surface area is 99.0 Å². The van der Waals surface area contributed by atoms with E-state index in [0.29, 0.717) is 0 Å². The predicted octanol–water partition coefficient (Wildman–Crippen LogP) is 0.539. The maximum Gasteiger partial charge on any atom is 0.242 e. The molecule has 1 N–H and O–H groups in total. The molecule has 1 aliphatic rings. The molecule has 1 unspecified atom stereocenters. The SMILES string of the molecule is CN(C)CCCN(C)C(=O)C1(C)CCCN1. The average Bonchev–Trinajstić information content (AvgIpc) is 2.64. The highest BCUT2D eigenvalue weighted by molar-refractivity contribution is 5.86. The van der Waals surface area contributed by atoms with Crippen molar-refractivity contribution in [3.05, 3.63) is 0 Å². The molecule has 1 heterocycles. The second-order valence-electron chi connectivity index (χ2n) is 5.25. The van der Waals surface area contributed by atoms with E-state index in [2.05, 4.69) is 24.3 Å². The average molecular weight is 227 g/mol. The Kier molecular flexibility index (Phi) is 4.74. The van der Waals surface area contributed by atoms with Gasteiger partial charge in [-0.1, -0.05) is 0 Å². The van der Waals surface area contributed by atoms with E-state index in [1.807, 2.05) is 18.9 Å². The molecule has 1 fully saturated rings. The first-order chi connectivity index (χ1) is 7.46. The molecule has 4 heteroatoms. The molecule has 0 saturated carbocycles. The molecule has 1 amide bonds. The van der Waals surface area contributed by atoms with Crippen molar-refractivity contribution in [3.8, 4) is 0 Å². The highest BCUT2D eigenvalue weighted by Gasteiger charge is 2.37. The van der Waals surface area contributed by atoms with Crippen LogP contribution < -0.4 is 5.32 Å². The van der Waals surface area contributed by atoms with Gasteiger partial charge in [-0.3, -0.25) is 4.79 Å². The molecule has 0 bridgehead atoms. The number of nitrogens with one attached hydrogen (secondary N) is 1. The molecule has 0 radical (unpaired) electrons. The lowest BCUT2D eigenvalue weighted by Gasteiger charge is -2.29. The van der Waals surface area contributed by atoms with Crippen molar-refractivity contribution in [1.29, 1.82) is 0 Å². The van der Waals surface area contributed by atoms with E-state index >= 15 is 0 Å². The smallest absolute Gasteiger partial charge is 0.242 e. The molecule has 1 rings (SSSR count). The van der Waals surface area contributed by atoms with E-state index in [0.717, 1.165) is 38.9 Å². The summed E-state index contributed by atoms with van der Waals surface area (Å²) >= 11 is 0. The van der Waals surface area contributed by atoms with Gasteiger partial charge in [0.1, 0.15) is 0 Å². The maximum atomic E-state index is 12.2. The molecular weight excluding hydrogens is 202 g/mol. The maximum absolute atomic E-state index is 12.2. The van der Waals surface area contributed by atoms with Crippen LogP contribution in [-0.2, 0) is 4.79 Å². The van der Waals surface area contributed by atoms with Gasteiger partial charge in [-0.15, -0.1) is 0 Å². The normalized spacial score (nSPS) is 25.1. The summed E-state index contributed by atoms with van der Waals surface area (Å²) in [4.78, 5) is 16.2. The number of carbonyl (C=O) groups is 1. The third kappa shape index (κ3) is 3.46. The van der Waals surface area contributed by atoms with Crippen LogP contribution in [0.5, 0.6) is 0 Å². The zero-order valence-corrected chi connectivity index (χ0v) is 11.0. The Hall–Kier alpha value is -0.610. The van der Waals surface area contributed by atoms with Crippen molar-refractivity contribution < 1.29 is 4.79 Å². The third-order valence-corrected chi connectivity index (χ3v) is 3.29. The predicted molar refractivity (Wildman–Crippen MR) is 66.4 cm³/mol. The van der Waals surface area contributed by atoms with Crippen LogP contribution in [0.15, 0.2) is 0 Å². The van der Waals surface area contributed by atoms with E-state index in [9.17, 15) is 4.79 Å². The molecule has 0 aromatic rings. The van der Waals surface area contributed by atoms with Crippen molar-refractivity contribution in [2.24, 2.45) is 0 Å².